The van der Waals surface area contributed by atoms with Gasteiger partial charge in [0.25, 0.3) is 5.91 Å². The highest BCUT2D eigenvalue weighted by atomic mass is 35.5. The number of hydrogen-bond donors (Lipinski definition) is 2. The van der Waals surface area contributed by atoms with Gasteiger partial charge in [0.1, 0.15) is 0 Å². The number of halogens is 2. The molecule has 1 aliphatic rings. The van der Waals surface area contributed by atoms with Crippen molar-refractivity contribution in [2.75, 3.05) is 16.8 Å². The van der Waals surface area contributed by atoms with Crippen LogP contribution in [0.1, 0.15) is 35.7 Å². The Kier molecular flexibility index (Phi) is 8.69. The Morgan fingerprint density at radius 1 is 1.30 bits per heavy atom. The molecule has 3 N–H and O–H groups in total. The largest absolute Gasteiger partial charge is 0.328 e. The molecule has 6 nitrogen and oxygen atoms in total. The lowest BCUT2D eigenvalue weighted by Crippen LogP contribution is -2.28. The average Bonchev–Trinajstić information content (AvgIpc) is 3.03. The van der Waals surface area contributed by atoms with Gasteiger partial charge in [0, 0.05) is 42.8 Å². The predicted molar refractivity (Wildman–Crippen MR) is 112 cm³/mol. The van der Waals surface area contributed by atoms with Crippen molar-refractivity contribution in [1.29, 1.82) is 0 Å². The van der Waals surface area contributed by atoms with Crippen LogP contribution >= 0.6 is 24.8 Å². The number of hydrogen-bond acceptors (Lipinski definition) is 4. The van der Waals surface area contributed by atoms with Gasteiger partial charge in [-0.05, 0) is 55.7 Å². The SMILES string of the molecule is CC(N)CCC(=O)Nc1ccc2c(c1)CCN2C(=O)c1cccnc1.Cl.Cl. The fourth-order valence-electron chi connectivity index (χ4n) is 2.92. The van der Waals surface area contributed by atoms with Crippen LogP contribution in [0.15, 0.2) is 42.7 Å². The van der Waals surface area contributed by atoms with Gasteiger partial charge in [-0.1, -0.05) is 0 Å². The molecule has 2 heterocycles. The Bertz CT molecular complexity index is 785. The Labute approximate surface area is 171 Å². The third-order valence-electron chi connectivity index (χ3n) is 4.24. The zero-order valence-electron chi connectivity index (χ0n) is 15.1. The van der Waals surface area contributed by atoms with Gasteiger partial charge in [-0.2, -0.15) is 0 Å². The number of nitrogens with zero attached hydrogens (tertiary/aromatic N) is 2. The van der Waals surface area contributed by atoms with Crippen molar-refractivity contribution >= 4 is 48.0 Å². The highest BCUT2D eigenvalue weighted by Gasteiger charge is 2.26. The summed E-state index contributed by atoms with van der Waals surface area (Å²) < 4.78 is 0. The van der Waals surface area contributed by atoms with Crippen molar-refractivity contribution in [1.82, 2.24) is 4.98 Å². The summed E-state index contributed by atoms with van der Waals surface area (Å²) in [6.45, 7) is 2.52. The molecule has 146 valence electrons. The summed E-state index contributed by atoms with van der Waals surface area (Å²) in [5.74, 6) is -0.0980. The highest BCUT2D eigenvalue weighted by molar-refractivity contribution is 6.07. The van der Waals surface area contributed by atoms with Gasteiger partial charge in [-0.15, -0.1) is 24.8 Å². The third kappa shape index (κ3) is 5.66. The number of rotatable bonds is 5. The molecule has 0 bridgehead atoms. The second-order valence-corrected chi connectivity index (χ2v) is 6.36. The van der Waals surface area contributed by atoms with E-state index in [4.69, 9.17) is 5.73 Å². The summed E-state index contributed by atoms with van der Waals surface area (Å²) in [7, 11) is 0. The molecule has 1 unspecified atom stereocenters. The quantitative estimate of drug-likeness (QED) is 0.791. The number of nitrogens with two attached hydrogens (primary N) is 1. The second kappa shape index (κ2) is 10.3. The Hall–Kier alpha value is -2.15. The van der Waals surface area contributed by atoms with E-state index >= 15 is 0 Å². The van der Waals surface area contributed by atoms with Crippen LogP contribution in [0.3, 0.4) is 0 Å². The number of amides is 2. The van der Waals surface area contributed by atoms with Gasteiger partial charge < -0.3 is 16.0 Å². The van der Waals surface area contributed by atoms with E-state index in [-0.39, 0.29) is 42.7 Å². The third-order valence-corrected chi connectivity index (χ3v) is 4.24. The molecule has 0 fully saturated rings. The number of anilines is 2. The van der Waals surface area contributed by atoms with E-state index in [1.165, 1.54) is 0 Å². The number of benzene rings is 1. The molecule has 3 rings (SSSR count). The molecule has 1 aliphatic heterocycles. The topological polar surface area (TPSA) is 88.3 Å². The molecule has 0 saturated carbocycles. The van der Waals surface area contributed by atoms with Crippen LogP contribution < -0.4 is 16.0 Å². The lowest BCUT2D eigenvalue weighted by Gasteiger charge is -2.17. The second-order valence-electron chi connectivity index (χ2n) is 6.36. The fourth-order valence-corrected chi connectivity index (χ4v) is 2.92. The first-order valence-electron chi connectivity index (χ1n) is 8.45. The number of aromatic nitrogens is 1. The summed E-state index contributed by atoms with van der Waals surface area (Å²) in [4.78, 5) is 30.3. The molecule has 2 aromatic rings. The van der Waals surface area contributed by atoms with Gasteiger partial charge in [0.05, 0.1) is 5.56 Å². The average molecular weight is 411 g/mol. The highest BCUT2D eigenvalue weighted by Crippen LogP contribution is 2.31. The minimum atomic E-state index is -0.0550. The van der Waals surface area contributed by atoms with E-state index in [0.717, 1.165) is 23.4 Å². The fraction of sp³-hybridized carbons (Fsp3) is 0.316. The minimum absolute atomic E-state index is 0. The molecule has 0 spiro atoms. The number of pyridine rings is 1. The van der Waals surface area contributed by atoms with Crippen LogP contribution in [-0.4, -0.2) is 29.4 Å². The van der Waals surface area contributed by atoms with Gasteiger partial charge in [-0.3, -0.25) is 14.6 Å². The number of fused-ring (bicyclic) bond motifs is 1. The van der Waals surface area contributed by atoms with Crippen LogP contribution in [0.2, 0.25) is 0 Å². The predicted octanol–water partition coefficient (Wildman–Crippen LogP) is 3.19. The van der Waals surface area contributed by atoms with E-state index in [9.17, 15) is 9.59 Å². The lowest BCUT2D eigenvalue weighted by atomic mass is 10.1. The Balaban J connectivity index is 0.00000182. The standard InChI is InChI=1S/C19H22N4O2.2ClH/c1-13(20)4-7-18(24)22-16-5-6-17-14(11-16)8-10-23(17)19(25)15-3-2-9-21-12-15;;/h2-3,5-6,9,11-13H,4,7-8,10,20H2,1H3,(H,22,24);2*1H. The van der Waals surface area contributed by atoms with E-state index in [0.29, 0.717) is 24.9 Å². The van der Waals surface area contributed by atoms with E-state index in [1.54, 1.807) is 29.4 Å². The van der Waals surface area contributed by atoms with Crippen LogP contribution in [0.4, 0.5) is 11.4 Å². The smallest absolute Gasteiger partial charge is 0.259 e. The molecular weight excluding hydrogens is 387 g/mol. The minimum Gasteiger partial charge on any atom is -0.328 e. The molecule has 27 heavy (non-hydrogen) atoms. The number of nitrogens with one attached hydrogen (secondary N) is 1. The lowest BCUT2D eigenvalue weighted by molar-refractivity contribution is -0.116. The maximum Gasteiger partial charge on any atom is 0.259 e. The van der Waals surface area contributed by atoms with E-state index < -0.39 is 0 Å². The molecule has 0 aliphatic carbocycles. The Morgan fingerprint density at radius 2 is 2.07 bits per heavy atom. The maximum atomic E-state index is 12.6. The van der Waals surface area contributed by atoms with Crippen LogP contribution in [0.25, 0.3) is 0 Å². The molecule has 1 aromatic carbocycles. The zero-order valence-corrected chi connectivity index (χ0v) is 16.7. The number of carbonyl (C=O) groups excluding carboxylic acids is 2. The van der Waals surface area contributed by atoms with Crippen LogP contribution in [0, 0.1) is 0 Å². The first kappa shape index (κ1) is 22.9. The van der Waals surface area contributed by atoms with Crippen molar-refractivity contribution < 1.29 is 9.59 Å². The monoisotopic (exact) mass is 410 g/mol. The Morgan fingerprint density at radius 3 is 2.74 bits per heavy atom. The molecule has 8 heteroatoms. The number of carbonyl (C=O) groups is 2. The molecule has 1 atom stereocenters. The summed E-state index contributed by atoms with van der Waals surface area (Å²) >= 11 is 0. The molecule has 2 amide bonds. The first-order valence-corrected chi connectivity index (χ1v) is 8.45. The van der Waals surface area contributed by atoms with E-state index in [1.807, 2.05) is 25.1 Å². The maximum absolute atomic E-state index is 12.6. The molecule has 0 saturated heterocycles. The molecule has 0 radical (unpaired) electrons. The van der Waals surface area contributed by atoms with Gasteiger partial charge in [0.2, 0.25) is 5.91 Å². The van der Waals surface area contributed by atoms with Crippen LogP contribution in [-0.2, 0) is 11.2 Å². The summed E-state index contributed by atoms with van der Waals surface area (Å²) in [5, 5.41) is 2.89. The van der Waals surface area contributed by atoms with Gasteiger partial charge >= 0.3 is 0 Å². The summed E-state index contributed by atoms with van der Waals surface area (Å²) in [5.41, 5.74) is 8.95. The van der Waals surface area contributed by atoms with Gasteiger partial charge in [0.15, 0.2) is 0 Å². The normalized spacial score (nSPS) is 13.0. The van der Waals surface area contributed by atoms with Crippen molar-refractivity contribution in [2.24, 2.45) is 5.73 Å². The van der Waals surface area contributed by atoms with Crippen molar-refractivity contribution in [3.05, 3.63) is 53.9 Å². The van der Waals surface area contributed by atoms with Crippen molar-refractivity contribution in [2.45, 2.75) is 32.2 Å². The summed E-state index contributed by atoms with van der Waals surface area (Å²) in [6, 6.07) is 9.19. The van der Waals surface area contributed by atoms with Crippen molar-refractivity contribution in [3.8, 4) is 0 Å². The van der Waals surface area contributed by atoms with Crippen molar-refractivity contribution in [3.63, 3.8) is 0 Å². The molecular formula is C19H24Cl2N4O2. The van der Waals surface area contributed by atoms with E-state index in [2.05, 4.69) is 10.3 Å². The summed E-state index contributed by atoms with van der Waals surface area (Å²) in [6.07, 6.45) is 5.05. The molecule has 1 aromatic heterocycles. The van der Waals surface area contributed by atoms with Crippen LogP contribution in [0.5, 0.6) is 0 Å². The first-order chi connectivity index (χ1) is 12.0. The van der Waals surface area contributed by atoms with Gasteiger partial charge in [-0.25, -0.2) is 0 Å². The zero-order chi connectivity index (χ0) is 17.8.